The molecule has 2 aromatic rings. The molecule has 258 valence electrons. The predicted octanol–water partition coefficient (Wildman–Crippen LogP) is 3.59. The molecule has 2 aliphatic rings. The van der Waals surface area contributed by atoms with Crippen LogP contribution in [0.5, 0.6) is 5.75 Å². The van der Waals surface area contributed by atoms with Gasteiger partial charge in [-0.05, 0) is 54.5 Å². The summed E-state index contributed by atoms with van der Waals surface area (Å²) in [5.41, 5.74) is -0.0459. The summed E-state index contributed by atoms with van der Waals surface area (Å²) in [6.45, 7) is 3.49. The number of sulfonamides is 1. The van der Waals surface area contributed by atoms with E-state index >= 15 is 0 Å². The highest BCUT2D eigenvalue weighted by Gasteiger charge is 2.45. The number of carbonyl (C=O) groups excluding carboxylic acids is 1. The summed E-state index contributed by atoms with van der Waals surface area (Å²) in [4.78, 5) is 33.2. The lowest BCUT2D eigenvalue weighted by molar-refractivity contribution is -0.0907. The molecule has 14 nitrogen and oxygen atoms in total. The second-order valence-electron chi connectivity index (χ2n) is 12.3. The van der Waals surface area contributed by atoms with Crippen molar-refractivity contribution in [1.82, 2.24) is 9.62 Å². The lowest BCUT2D eigenvalue weighted by Crippen LogP contribution is -2.53. The molecule has 0 spiro atoms. The molecule has 0 radical (unpaired) electrons. The quantitative estimate of drug-likeness (QED) is 0.217. The van der Waals surface area contributed by atoms with Crippen LogP contribution in [0.4, 0.5) is 4.79 Å². The van der Waals surface area contributed by atoms with Crippen molar-refractivity contribution in [3.8, 4) is 11.8 Å². The number of amides is 1. The van der Waals surface area contributed by atoms with E-state index in [1.165, 1.54) is 31.4 Å². The van der Waals surface area contributed by atoms with Crippen molar-refractivity contribution in [3.63, 3.8) is 0 Å². The minimum atomic E-state index is -5.24. The fraction of sp³-hybridized carbons (Fsp3) is 0.548. The van der Waals surface area contributed by atoms with E-state index in [0.717, 1.165) is 4.31 Å². The van der Waals surface area contributed by atoms with Gasteiger partial charge in [-0.1, -0.05) is 44.2 Å². The van der Waals surface area contributed by atoms with Crippen LogP contribution >= 0.6 is 7.82 Å². The number of methoxy groups -OCH3 is 1. The number of phosphoric ester groups is 1. The van der Waals surface area contributed by atoms with Gasteiger partial charge in [-0.3, -0.25) is 4.52 Å². The lowest BCUT2D eigenvalue weighted by Gasteiger charge is -2.36. The number of benzene rings is 2. The highest BCUT2D eigenvalue weighted by Crippen LogP contribution is 2.40. The summed E-state index contributed by atoms with van der Waals surface area (Å²) in [5, 5.41) is 11.9. The third-order valence-electron chi connectivity index (χ3n) is 8.17. The second-order valence-corrected chi connectivity index (χ2v) is 15.5. The van der Waals surface area contributed by atoms with Crippen LogP contribution in [-0.2, 0) is 39.7 Å². The molecule has 16 heteroatoms. The molecule has 1 amide bonds. The largest absolute Gasteiger partial charge is 0.497 e. The topological polar surface area (TPSA) is 194 Å². The number of phosphoric acid groups is 1. The first-order valence-corrected chi connectivity index (χ1v) is 18.2. The van der Waals surface area contributed by atoms with Gasteiger partial charge in [-0.15, -0.1) is 0 Å². The van der Waals surface area contributed by atoms with Crippen LogP contribution in [0.15, 0.2) is 59.5 Å². The molecule has 0 saturated carbocycles. The molecule has 2 heterocycles. The highest BCUT2D eigenvalue weighted by atomic mass is 32.2. The molecule has 5 atom stereocenters. The van der Waals surface area contributed by atoms with Crippen LogP contribution in [0.1, 0.15) is 38.7 Å². The normalized spacial score (nSPS) is 21.1. The van der Waals surface area contributed by atoms with Crippen molar-refractivity contribution in [2.75, 3.05) is 33.4 Å². The van der Waals surface area contributed by atoms with Crippen molar-refractivity contribution < 1.29 is 51.0 Å². The summed E-state index contributed by atoms with van der Waals surface area (Å²) in [6.07, 6.45) is -2.35. The Labute approximate surface area is 275 Å². The van der Waals surface area contributed by atoms with Gasteiger partial charge in [-0.25, -0.2) is 17.8 Å². The van der Waals surface area contributed by atoms with Gasteiger partial charge < -0.3 is 34.1 Å². The Balaban J connectivity index is 1.69. The van der Waals surface area contributed by atoms with Crippen LogP contribution in [0.25, 0.3) is 0 Å². The molecule has 4 rings (SSSR count). The van der Waals surface area contributed by atoms with Crippen LogP contribution in [0, 0.1) is 22.7 Å². The number of hydrogen-bond acceptors (Lipinski definition) is 10. The van der Waals surface area contributed by atoms with Crippen molar-refractivity contribution in [1.29, 1.82) is 5.26 Å². The van der Waals surface area contributed by atoms with Crippen LogP contribution in [-0.4, -0.2) is 86.6 Å². The molecule has 47 heavy (non-hydrogen) atoms. The Bertz CT molecular complexity index is 1530. The average molecular weight is 696 g/mol. The second kappa shape index (κ2) is 15.9. The van der Waals surface area contributed by atoms with Gasteiger partial charge in [0.05, 0.1) is 43.2 Å². The fourth-order valence-electron chi connectivity index (χ4n) is 5.72. The number of carbonyl (C=O) groups is 1. The Kier molecular flexibility index (Phi) is 12.4. The number of nitriles is 1. The molecule has 2 aliphatic heterocycles. The van der Waals surface area contributed by atoms with E-state index in [4.69, 9.17) is 23.5 Å². The van der Waals surface area contributed by atoms with Gasteiger partial charge in [0.2, 0.25) is 10.0 Å². The minimum Gasteiger partial charge on any atom is -0.497 e. The van der Waals surface area contributed by atoms with Gasteiger partial charge in [-0.2, -0.15) is 9.57 Å². The number of hydrogen-bond donors (Lipinski definition) is 3. The summed E-state index contributed by atoms with van der Waals surface area (Å²) >= 11 is 0. The minimum absolute atomic E-state index is 0.0190. The number of nitrogens with one attached hydrogen (secondary N) is 1. The molecule has 3 N–H and O–H groups in total. The van der Waals surface area contributed by atoms with Gasteiger partial charge in [0.25, 0.3) is 0 Å². The molecule has 2 aromatic carbocycles. The van der Waals surface area contributed by atoms with Gasteiger partial charge in [0.15, 0.2) is 6.29 Å². The van der Waals surface area contributed by atoms with Crippen LogP contribution in [0.3, 0.4) is 0 Å². The van der Waals surface area contributed by atoms with Crippen molar-refractivity contribution in [3.05, 3.63) is 60.2 Å². The van der Waals surface area contributed by atoms with Crippen molar-refractivity contribution >= 4 is 23.9 Å². The van der Waals surface area contributed by atoms with E-state index in [2.05, 4.69) is 11.4 Å². The monoisotopic (exact) mass is 695 g/mol. The maximum Gasteiger partial charge on any atom is 0.469 e. The Hall–Kier alpha value is -3.06. The average Bonchev–Trinajstić information content (AvgIpc) is 3.64. The summed E-state index contributed by atoms with van der Waals surface area (Å²) in [7, 11) is -8.10. The zero-order valence-corrected chi connectivity index (χ0v) is 28.3. The molecular formula is C31H42N3O11PS. The van der Waals surface area contributed by atoms with E-state index in [1.807, 2.05) is 0 Å². The van der Waals surface area contributed by atoms with Gasteiger partial charge in [0.1, 0.15) is 18.0 Å². The molecule has 0 aliphatic carbocycles. The third kappa shape index (κ3) is 10.5. The van der Waals surface area contributed by atoms with Crippen LogP contribution in [0.2, 0.25) is 0 Å². The Morgan fingerprint density at radius 1 is 1.17 bits per heavy atom. The fourth-order valence-corrected chi connectivity index (χ4v) is 7.93. The molecule has 5 unspecified atom stereocenters. The summed E-state index contributed by atoms with van der Waals surface area (Å²) in [6, 6.07) is 15.4. The molecule has 0 bridgehead atoms. The van der Waals surface area contributed by atoms with E-state index in [0.29, 0.717) is 30.8 Å². The van der Waals surface area contributed by atoms with Gasteiger partial charge >= 0.3 is 13.9 Å². The smallest absolute Gasteiger partial charge is 0.469 e. The molecule has 2 fully saturated rings. The molecule has 0 aromatic heterocycles. The van der Waals surface area contributed by atoms with E-state index in [1.54, 1.807) is 44.2 Å². The number of ether oxygens (including phenoxy) is 4. The highest BCUT2D eigenvalue weighted by molar-refractivity contribution is 7.89. The summed E-state index contributed by atoms with van der Waals surface area (Å²) in [5.74, 6) is 0.276. The maximum atomic E-state index is 14.2. The van der Waals surface area contributed by atoms with E-state index in [9.17, 15) is 32.8 Å². The SMILES string of the molecule is COc1ccc(S(=O)(=O)N(CC(OP(=O)(O)O)C(Cc2ccccc2)NC(=O)OC2COC3OCCC23)CC(C)(C)CCC#N)cc1. The Morgan fingerprint density at radius 2 is 1.87 bits per heavy atom. The number of rotatable bonds is 16. The predicted molar refractivity (Wildman–Crippen MR) is 168 cm³/mol. The van der Waals surface area contributed by atoms with E-state index < -0.39 is 60.4 Å². The zero-order chi connectivity index (χ0) is 34.2. The van der Waals surface area contributed by atoms with E-state index in [-0.39, 0.29) is 36.8 Å². The van der Waals surface area contributed by atoms with Gasteiger partial charge in [0, 0.05) is 19.5 Å². The number of nitrogens with zero attached hydrogens (tertiary/aromatic N) is 2. The first-order chi connectivity index (χ1) is 22.2. The Morgan fingerprint density at radius 3 is 2.51 bits per heavy atom. The molecule has 2 saturated heterocycles. The maximum absolute atomic E-state index is 14.2. The summed E-state index contributed by atoms with van der Waals surface area (Å²) < 4.78 is 69.0. The van der Waals surface area contributed by atoms with Crippen LogP contribution < -0.4 is 10.1 Å². The first-order valence-electron chi connectivity index (χ1n) is 15.2. The number of alkyl carbamates (subject to hydrolysis) is 1. The van der Waals surface area contributed by atoms with Crippen molar-refractivity contribution in [2.24, 2.45) is 11.3 Å². The first kappa shape index (κ1) is 36.8. The zero-order valence-electron chi connectivity index (χ0n) is 26.6. The molecular weight excluding hydrogens is 653 g/mol. The standard InChI is InChI=1S/C31H42N3O11PS/c1-31(2,15-7-16-32)21-34(47(39,40)24-12-10-23(41-3)11-13-24)19-27(45-46(36,37)38)26(18-22-8-5-4-6-9-22)33-30(35)44-28-20-43-29-25(28)14-17-42-29/h4-6,8-13,25-29H,7,14-15,17-21H2,1-3H3,(H,33,35)(H2,36,37,38). The van der Waals surface area contributed by atoms with Crippen molar-refractivity contribution in [2.45, 2.75) is 69.0 Å². The number of fused-ring (bicyclic) bond motifs is 1. The lowest BCUT2D eigenvalue weighted by atomic mass is 9.88. The third-order valence-corrected chi connectivity index (χ3v) is 10.5.